The van der Waals surface area contributed by atoms with Crippen molar-refractivity contribution in [1.82, 2.24) is 10.2 Å². The van der Waals surface area contributed by atoms with E-state index in [1.165, 1.54) is 16.0 Å². The molecule has 0 radical (unpaired) electrons. The third-order valence-electron chi connectivity index (χ3n) is 5.70. The minimum absolute atomic E-state index is 0.0594. The van der Waals surface area contributed by atoms with Crippen LogP contribution in [-0.2, 0) is 18.4 Å². The predicted molar refractivity (Wildman–Crippen MR) is 113 cm³/mol. The summed E-state index contributed by atoms with van der Waals surface area (Å²) in [5, 5.41) is 7.76. The Kier molecular flexibility index (Phi) is 4.55. The Balaban J connectivity index is 1.60. The van der Waals surface area contributed by atoms with Gasteiger partial charge in [-0.15, -0.1) is 11.3 Å². The zero-order valence-electron chi connectivity index (χ0n) is 16.8. The van der Waals surface area contributed by atoms with Gasteiger partial charge in [-0.1, -0.05) is 45.0 Å². The first-order valence-corrected chi connectivity index (χ1v) is 10.6. The van der Waals surface area contributed by atoms with E-state index in [0.29, 0.717) is 6.04 Å². The molecule has 2 aromatic rings. The monoisotopic (exact) mass is 383 g/mol. The van der Waals surface area contributed by atoms with Crippen molar-refractivity contribution in [2.75, 3.05) is 11.9 Å². The third-order valence-corrected chi connectivity index (χ3v) is 6.85. The number of hydrogen-bond donors (Lipinski definition) is 2. The molecule has 1 amide bonds. The largest absolute Gasteiger partial charge is 0.353 e. The van der Waals surface area contributed by atoms with Crippen LogP contribution in [0.4, 0.5) is 5.00 Å². The van der Waals surface area contributed by atoms with Gasteiger partial charge in [-0.25, -0.2) is 0 Å². The standard InChI is InChI=1S/C22H29N3OS/c1-13(2)25-11-10-16-17(12-25)27-21-18(16)20(26)23-19(24-21)14-6-8-15(9-7-14)22(3,4)5/h6-9,13,19,24H,10-12H2,1-5H3,(H,23,26)/t19-/m1/s1. The van der Waals surface area contributed by atoms with Crippen LogP contribution in [0.25, 0.3) is 0 Å². The van der Waals surface area contributed by atoms with Crippen LogP contribution in [0.5, 0.6) is 0 Å². The van der Waals surface area contributed by atoms with Gasteiger partial charge in [-0.3, -0.25) is 9.69 Å². The van der Waals surface area contributed by atoms with E-state index in [0.717, 1.165) is 35.6 Å². The molecule has 1 aromatic heterocycles. The highest BCUT2D eigenvalue weighted by Gasteiger charge is 2.33. The molecule has 4 nitrogen and oxygen atoms in total. The molecule has 1 atom stereocenters. The molecule has 0 bridgehead atoms. The van der Waals surface area contributed by atoms with Crippen molar-refractivity contribution in [2.45, 2.75) is 65.2 Å². The normalized spacial score (nSPS) is 20.1. The Bertz CT molecular complexity index is 861. The number of benzene rings is 1. The quantitative estimate of drug-likeness (QED) is 0.792. The zero-order chi connectivity index (χ0) is 19.3. The van der Waals surface area contributed by atoms with Crippen molar-refractivity contribution in [3.8, 4) is 0 Å². The fourth-order valence-electron chi connectivity index (χ4n) is 3.92. The predicted octanol–water partition coefficient (Wildman–Crippen LogP) is 4.67. The second-order valence-electron chi connectivity index (χ2n) is 8.94. The van der Waals surface area contributed by atoms with Crippen LogP contribution in [0.3, 0.4) is 0 Å². The van der Waals surface area contributed by atoms with Crippen molar-refractivity contribution in [1.29, 1.82) is 0 Å². The molecule has 0 unspecified atom stereocenters. The number of rotatable bonds is 2. The fourth-order valence-corrected chi connectivity index (χ4v) is 5.22. The molecule has 2 aliphatic rings. The second-order valence-corrected chi connectivity index (χ2v) is 10.1. The Morgan fingerprint density at radius 1 is 1.15 bits per heavy atom. The third kappa shape index (κ3) is 3.39. The van der Waals surface area contributed by atoms with Gasteiger partial charge >= 0.3 is 0 Å². The van der Waals surface area contributed by atoms with Crippen LogP contribution in [0, 0.1) is 0 Å². The summed E-state index contributed by atoms with van der Waals surface area (Å²) in [5.74, 6) is 0.0594. The molecule has 0 spiro atoms. The van der Waals surface area contributed by atoms with E-state index in [-0.39, 0.29) is 17.5 Å². The Morgan fingerprint density at radius 3 is 2.48 bits per heavy atom. The Morgan fingerprint density at radius 2 is 1.85 bits per heavy atom. The van der Waals surface area contributed by atoms with E-state index in [1.807, 2.05) is 0 Å². The van der Waals surface area contributed by atoms with Gasteiger partial charge in [0.1, 0.15) is 11.2 Å². The first kappa shape index (κ1) is 18.5. The summed E-state index contributed by atoms with van der Waals surface area (Å²) < 4.78 is 0. The molecule has 4 rings (SSSR count). The summed E-state index contributed by atoms with van der Waals surface area (Å²) >= 11 is 1.75. The van der Waals surface area contributed by atoms with Crippen molar-refractivity contribution in [3.05, 3.63) is 51.4 Å². The van der Waals surface area contributed by atoms with Crippen molar-refractivity contribution < 1.29 is 4.79 Å². The Hall–Kier alpha value is -1.85. The number of nitrogens with zero attached hydrogens (tertiary/aromatic N) is 1. The van der Waals surface area contributed by atoms with E-state index >= 15 is 0 Å². The molecule has 27 heavy (non-hydrogen) atoms. The fraction of sp³-hybridized carbons (Fsp3) is 0.500. The van der Waals surface area contributed by atoms with E-state index in [2.05, 4.69) is 74.4 Å². The maximum Gasteiger partial charge on any atom is 0.256 e. The molecule has 0 aliphatic carbocycles. The van der Waals surface area contributed by atoms with Crippen LogP contribution in [0.15, 0.2) is 24.3 Å². The lowest BCUT2D eigenvalue weighted by Gasteiger charge is -2.31. The summed E-state index contributed by atoms with van der Waals surface area (Å²) in [7, 11) is 0. The first-order chi connectivity index (χ1) is 12.7. The number of thiophene rings is 1. The number of amides is 1. The minimum Gasteiger partial charge on any atom is -0.353 e. The molecule has 0 saturated carbocycles. The summed E-state index contributed by atoms with van der Waals surface area (Å²) in [6, 6.07) is 9.11. The lowest BCUT2D eigenvalue weighted by Crippen LogP contribution is -2.39. The maximum absolute atomic E-state index is 12.9. The number of carbonyl (C=O) groups is 1. The van der Waals surface area contributed by atoms with Crippen molar-refractivity contribution in [3.63, 3.8) is 0 Å². The van der Waals surface area contributed by atoms with Gasteiger partial charge in [-0.2, -0.15) is 0 Å². The summed E-state index contributed by atoms with van der Waals surface area (Å²) in [4.78, 5) is 16.7. The molecule has 144 valence electrons. The number of nitrogens with one attached hydrogen (secondary N) is 2. The summed E-state index contributed by atoms with van der Waals surface area (Å²) in [6.07, 6.45) is 0.791. The minimum atomic E-state index is -0.166. The van der Waals surface area contributed by atoms with Crippen molar-refractivity contribution in [2.24, 2.45) is 0 Å². The molecular weight excluding hydrogens is 354 g/mol. The number of anilines is 1. The maximum atomic E-state index is 12.9. The van der Waals surface area contributed by atoms with E-state index in [9.17, 15) is 4.79 Å². The van der Waals surface area contributed by atoms with Gasteiger partial charge in [0, 0.05) is 24.0 Å². The first-order valence-electron chi connectivity index (χ1n) is 9.80. The van der Waals surface area contributed by atoms with Crippen molar-refractivity contribution >= 4 is 22.2 Å². The second kappa shape index (κ2) is 6.64. The average molecular weight is 384 g/mol. The molecular formula is C22H29N3OS. The highest BCUT2D eigenvalue weighted by atomic mass is 32.1. The molecule has 0 fully saturated rings. The van der Waals surface area contributed by atoms with Crippen LogP contribution in [0.2, 0.25) is 0 Å². The molecule has 2 N–H and O–H groups in total. The van der Waals surface area contributed by atoms with Crippen LogP contribution in [-0.4, -0.2) is 23.4 Å². The molecule has 2 aliphatic heterocycles. The lowest BCUT2D eigenvalue weighted by molar-refractivity contribution is 0.0934. The van der Waals surface area contributed by atoms with Gasteiger partial charge in [0.05, 0.1) is 5.56 Å². The van der Waals surface area contributed by atoms with Gasteiger partial charge in [0.15, 0.2) is 0 Å². The highest BCUT2D eigenvalue weighted by molar-refractivity contribution is 7.16. The van der Waals surface area contributed by atoms with Gasteiger partial charge in [-0.05, 0) is 42.4 Å². The summed E-state index contributed by atoms with van der Waals surface area (Å²) in [6.45, 7) is 13.1. The molecule has 0 saturated heterocycles. The Labute approximate surface area is 166 Å². The zero-order valence-corrected chi connectivity index (χ0v) is 17.7. The lowest BCUT2D eigenvalue weighted by atomic mass is 9.86. The van der Waals surface area contributed by atoms with E-state index in [1.54, 1.807) is 11.3 Å². The van der Waals surface area contributed by atoms with Gasteiger partial charge in [0.25, 0.3) is 5.91 Å². The topological polar surface area (TPSA) is 44.4 Å². The molecule has 5 heteroatoms. The highest BCUT2D eigenvalue weighted by Crippen LogP contribution is 2.41. The molecule has 3 heterocycles. The van der Waals surface area contributed by atoms with Crippen LogP contribution < -0.4 is 10.6 Å². The van der Waals surface area contributed by atoms with Crippen LogP contribution >= 0.6 is 11.3 Å². The van der Waals surface area contributed by atoms with Gasteiger partial charge < -0.3 is 10.6 Å². The molecule has 1 aromatic carbocycles. The van der Waals surface area contributed by atoms with E-state index < -0.39 is 0 Å². The van der Waals surface area contributed by atoms with E-state index in [4.69, 9.17) is 0 Å². The van der Waals surface area contributed by atoms with Gasteiger partial charge in [0.2, 0.25) is 0 Å². The summed E-state index contributed by atoms with van der Waals surface area (Å²) in [5.41, 5.74) is 4.65. The smallest absolute Gasteiger partial charge is 0.256 e. The number of carbonyl (C=O) groups excluding carboxylic acids is 1. The number of fused-ring (bicyclic) bond motifs is 3. The van der Waals surface area contributed by atoms with Crippen LogP contribution in [0.1, 0.15) is 72.7 Å². The average Bonchev–Trinajstić information content (AvgIpc) is 2.99. The SMILES string of the molecule is CC(C)N1CCc2c(sc3c2C(=O)N[C@@H](c2ccc(C(C)(C)C)cc2)N3)C1. The number of hydrogen-bond acceptors (Lipinski definition) is 4.